The van der Waals surface area contributed by atoms with Crippen LogP contribution in [0.15, 0.2) is 28.2 Å². The summed E-state index contributed by atoms with van der Waals surface area (Å²) in [6, 6.07) is 6.31. The molecule has 0 atom stereocenters. The predicted molar refractivity (Wildman–Crippen MR) is 93.8 cm³/mol. The second-order valence-corrected chi connectivity index (χ2v) is 6.58. The van der Waals surface area contributed by atoms with Gasteiger partial charge < -0.3 is 10.1 Å². The van der Waals surface area contributed by atoms with Crippen LogP contribution < -0.4 is 10.1 Å². The van der Waals surface area contributed by atoms with Crippen molar-refractivity contribution in [3.8, 4) is 5.75 Å². The molecule has 0 radical (unpaired) electrons. The van der Waals surface area contributed by atoms with Gasteiger partial charge in [-0.3, -0.25) is 0 Å². The van der Waals surface area contributed by atoms with E-state index in [-0.39, 0.29) is 0 Å². The number of likely N-dealkylation sites (N-methyl/N-ethyl adjacent to an activating group) is 1. The second kappa shape index (κ2) is 8.60. The van der Waals surface area contributed by atoms with Crippen molar-refractivity contribution >= 4 is 22.0 Å². The molecule has 0 spiro atoms. The first-order valence-corrected chi connectivity index (χ1v) is 8.78. The summed E-state index contributed by atoms with van der Waals surface area (Å²) in [5.41, 5.74) is 2.80. The molecule has 1 aromatic rings. The number of methoxy groups -OCH3 is 1. The molecule has 0 unspecified atom stereocenters. The van der Waals surface area contributed by atoms with E-state index in [1.807, 2.05) is 6.07 Å². The van der Waals surface area contributed by atoms with Gasteiger partial charge in [0.25, 0.3) is 0 Å². The van der Waals surface area contributed by atoms with Crippen molar-refractivity contribution in [1.82, 2.24) is 5.32 Å². The van der Waals surface area contributed by atoms with Gasteiger partial charge in [-0.05, 0) is 58.9 Å². The molecular formula is C18H26BrNO. The maximum absolute atomic E-state index is 5.31. The minimum atomic E-state index is 0.749. The van der Waals surface area contributed by atoms with Crippen molar-refractivity contribution in [3.05, 3.63) is 33.8 Å². The quantitative estimate of drug-likeness (QED) is 0.775. The Morgan fingerprint density at radius 2 is 2.10 bits per heavy atom. The van der Waals surface area contributed by atoms with Crippen molar-refractivity contribution in [1.29, 1.82) is 0 Å². The van der Waals surface area contributed by atoms with Crippen LogP contribution in [0, 0.1) is 5.92 Å². The lowest BCUT2D eigenvalue weighted by molar-refractivity contribution is 0.397. The van der Waals surface area contributed by atoms with Gasteiger partial charge in [-0.1, -0.05) is 43.9 Å². The normalized spacial score (nSPS) is 17.0. The molecule has 3 heteroatoms. The van der Waals surface area contributed by atoms with Crippen LogP contribution in [0.25, 0.3) is 6.08 Å². The number of nitrogens with one attached hydrogen (secondary N) is 1. The Kier molecular flexibility index (Phi) is 6.78. The van der Waals surface area contributed by atoms with Crippen LogP contribution in [0.3, 0.4) is 0 Å². The lowest BCUT2D eigenvalue weighted by Gasteiger charge is -2.25. The van der Waals surface area contributed by atoms with Crippen LogP contribution in [0.2, 0.25) is 0 Å². The first-order valence-electron chi connectivity index (χ1n) is 7.99. The van der Waals surface area contributed by atoms with Gasteiger partial charge in [-0.15, -0.1) is 0 Å². The Morgan fingerprint density at radius 3 is 2.71 bits per heavy atom. The molecule has 2 nitrogen and oxygen atoms in total. The first kappa shape index (κ1) is 16.6. The molecule has 0 bridgehead atoms. The minimum absolute atomic E-state index is 0.749. The third-order valence-electron chi connectivity index (χ3n) is 4.24. The van der Waals surface area contributed by atoms with E-state index in [0.717, 1.165) is 29.2 Å². The molecule has 1 fully saturated rings. The molecule has 0 amide bonds. The topological polar surface area (TPSA) is 21.3 Å². The van der Waals surface area contributed by atoms with Gasteiger partial charge in [0.2, 0.25) is 0 Å². The molecule has 2 rings (SSSR count). The molecule has 0 aromatic heterocycles. The lowest BCUT2D eigenvalue weighted by atomic mass is 9.83. The number of hydrogen-bond donors (Lipinski definition) is 1. The van der Waals surface area contributed by atoms with E-state index in [0.29, 0.717) is 0 Å². The van der Waals surface area contributed by atoms with E-state index in [4.69, 9.17) is 4.74 Å². The SMILES string of the molecule is CCNC/C(=C/c1ccc(OC)c(Br)c1)C1CCCCC1. The summed E-state index contributed by atoms with van der Waals surface area (Å²) in [5, 5.41) is 3.50. The van der Waals surface area contributed by atoms with Gasteiger partial charge in [0.1, 0.15) is 5.75 Å². The fourth-order valence-electron chi connectivity index (χ4n) is 3.04. The summed E-state index contributed by atoms with van der Waals surface area (Å²) in [6.07, 6.45) is 9.20. The predicted octanol–water partition coefficient (Wildman–Crippen LogP) is 5.03. The van der Waals surface area contributed by atoms with Crippen LogP contribution in [0.5, 0.6) is 5.75 Å². The van der Waals surface area contributed by atoms with Gasteiger partial charge in [0, 0.05) is 6.54 Å². The summed E-state index contributed by atoms with van der Waals surface area (Å²) in [4.78, 5) is 0. The van der Waals surface area contributed by atoms with Gasteiger partial charge in [0.05, 0.1) is 11.6 Å². The Labute approximate surface area is 137 Å². The van der Waals surface area contributed by atoms with E-state index in [1.54, 1.807) is 12.7 Å². The van der Waals surface area contributed by atoms with Gasteiger partial charge in [-0.2, -0.15) is 0 Å². The molecule has 0 saturated heterocycles. The van der Waals surface area contributed by atoms with Crippen molar-refractivity contribution in [3.63, 3.8) is 0 Å². The monoisotopic (exact) mass is 351 g/mol. The summed E-state index contributed by atoms with van der Waals surface area (Å²) >= 11 is 3.58. The highest BCUT2D eigenvalue weighted by Gasteiger charge is 2.17. The zero-order valence-corrected chi connectivity index (χ0v) is 14.7. The summed E-state index contributed by atoms with van der Waals surface area (Å²) < 4.78 is 6.32. The molecule has 1 saturated carbocycles. The molecule has 1 aliphatic carbocycles. The van der Waals surface area contributed by atoms with E-state index in [2.05, 4.69) is 46.4 Å². The Morgan fingerprint density at radius 1 is 1.33 bits per heavy atom. The van der Waals surface area contributed by atoms with Crippen molar-refractivity contribution in [2.75, 3.05) is 20.2 Å². The molecule has 21 heavy (non-hydrogen) atoms. The average Bonchev–Trinajstić information content (AvgIpc) is 2.52. The average molecular weight is 352 g/mol. The van der Waals surface area contributed by atoms with Crippen LogP contribution >= 0.6 is 15.9 Å². The maximum atomic E-state index is 5.31. The third kappa shape index (κ3) is 4.86. The van der Waals surface area contributed by atoms with Crippen LogP contribution in [0.1, 0.15) is 44.6 Å². The fourth-order valence-corrected chi connectivity index (χ4v) is 3.60. The first-order chi connectivity index (χ1) is 10.2. The summed E-state index contributed by atoms with van der Waals surface area (Å²) in [7, 11) is 1.70. The molecule has 1 aliphatic rings. The zero-order chi connectivity index (χ0) is 15.1. The third-order valence-corrected chi connectivity index (χ3v) is 4.86. The molecule has 1 aromatic carbocycles. The van der Waals surface area contributed by atoms with E-state index < -0.39 is 0 Å². The molecule has 0 aliphatic heterocycles. The highest BCUT2D eigenvalue weighted by molar-refractivity contribution is 9.10. The highest BCUT2D eigenvalue weighted by atomic mass is 79.9. The molecule has 0 heterocycles. The van der Waals surface area contributed by atoms with Gasteiger partial charge >= 0.3 is 0 Å². The largest absolute Gasteiger partial charge is 0.496 e. The van der Waals surface area contributed by atoms with E-state index >= 15 is 0 Å². The lowest BCUT2D eigenvalue weighted by Crippen LogP contribution is -2.22. The molecular weight excluding hydrogens is 326 g/mol. The van der Waals surface area contributed by atoms with E-state index in [9.17, 15) is 0 Å². The Hall–Kier alpha value is -0.800. The summed E-state index contributed by atoms with van der Waals surface area (Å²) in [5.74, 6) is 1.64. The number of ether oxygens (including phenoxy) is 1. The fraction of sp³-hybridized carbons (Fsp3) is 0.556. The zero-order valence-electron chi connectivity index (χ0n) is 13.1. The van der Waals surface area contributed by atoms with Crippen LogP contribution in [-0.4, -0.2) is 20.2 Å². The highest BCUT2D eigenvalue weighted by Crippen LogP contribution is 2.32. The number of benzene rings is 1. The Balaban J connectivity index is 2.19. The molecule has 116 valence electrons. The van der Waals surface area contributed by atoms with Crippen molar-refractivity contribution < 1.29 is 4.74 Å². The van der Waals surface area contributed by atoms with Crippen LogP contribution in [-0.2, 0) is 0 Å². The second-order valence-electron chi connectivity index (χ2n) is 5.73. The minimum Gasteiger partial charge on any atom is -0.496 e. The van der Waals surface area contributed by atoms with Gasteiger partial charge in [-0.25, -0.2) is 0 Å². The number of hydrogen-bond acceptors (Lipinski definition) is 2. The van der Waals surface area contributed by atoms with Gasteiger partial charge in [0.15, 0.2) is 0 Å². The van der Waals surface area contributed by atoms with E-state index in [1.165, 1.54) is 37.7 Å². The smallest absolute Gasteiger partial charge is 0.133 e. The maximum Gasteiger partial charge on any atom is 0.133 e. The van der Waals surface area contributed by atoms with Crippen molar-refractivity contribution in [2.24, 2.45) is 5.92 Å². The molecule has 1 N–H and O–H groups in total. The summed E-state index contributed by atoms with van der Waals surface area (Å²) in [6.45, 7) is 4.20. The van der Waals surface area contributed by atoms with Crippen molar-refractivity contribution in [2.45, 2.75) is 39.0 Å². The van der Waals surface area contributed by atoms with Crippen LogP contribution in [0.4, 0.5) is 0 Å². The number of rotatable bonds is 6. The Bertz CT molecular complexity index is 478. The standard InChI is InChI=1S/C18H26BrNO/c1-3-20-13-16(15-7-5-4-6-8-15)11-14-9-10-18(21-2)17(19)12-14/h9-12,15,20H,3-8,13H2,1-2H3/b16-11-. The number of halogens is 1.